The minimum atomic E-state index is -2.65. The Kier molecular flexibility index (Phi) is 6.37. The van der Waals surface area contributed by atoms with Crippen LogP contribution in [-0.4, -0.2) is 33.6 Å². The van der Waals surface area contributed by atoms with Crippen molar-refractivity contribution in [1.82, 2.24) is 14.7 Å². The Morgan fingerprint density at radius 3 is 2.54 bits per heavy atom. The van der Waals surface area contributed by atoms with Gasteiger partial charge in [-0.15, -0.1) is 0 Å². The van der Waals surface area contributed by atoms with Crippen LogP contribution in [0.15, 0.2) is 40.9 Å². The Morgan fingerprint density at radius 2 is 1.87 bits per heavy atom. The molecule has 2 aromatic heterocycles. The number of benzene rings is 2. The number of halogens is 3. The Bertz CT molecular complexity index is 1550. The number of anilines is 1. The third-order valence-corrected chi connectivity index (χ3v) is 8.31. The van der Waals surface area contributed by atoms with Gasteiger partial charge in [-0.3, -0.25) is 4.79 Å². The summed E-state index contributed by atoms with van der Waals surface area (Å²) in [5.41, 5.74) is 4.88. The topological polar surface area (TPSA) is 73.4 Å². The van der Waals surface area contributed by atoms with Gasteiger partial charge in [-0.1, -0.05) is 22.8 Å². The molecule has 1 aliphatic carbocycles. The van der Waals surface area contributed by atoms with E-state index in [-0.39, 0.29) is 30.8 Å². The van der Waals surface area contributed by atoms with E-state index in [1.807, 2.05) is 38.1 Å². The van der Waals surface area contributed by atoms with Crippen LogP contribution in [0.3, 0.4) is 0 Å². The van der Waals surface area contributed by atoms with E-state index in [0.717, 1.165) is 27.9 Å². The second-order valence-electron chi connectivity index (χ2n) is 10.5. The number of rotatable bonds is 5. The van der Waals surface area contributed by atoms with E-state index in [1.54, 1.807) is 17.0 Å². The molecule has 2 fully saturated rings. The lowest BCUT2D eigenvalue weighted by atomic mass is 9.91. The molecule has 0 radical (unpaired) electrons. The van der Waals surface area contributed by atoms with Gasteiger partial charge in [-0.25, -0.2) is 13.8 Å². The summed E-state index contributed by atoms with van der Waals surface area (Å²) in [7, 11) is 1.54. The number of methoxy groups -OCH3 is 1. The van der Waals surface area contributed by atoms with Crippen molar-refractivity contribution in [3.8, 4) is 16.9 Å². The standard InChI is InChI=1S/C29H29ClF2N4O3/c1-16-27(17(2)39-34-16)18-4-6-23-22(14-18)33-28(36(23)19-10-12-29(31,32)13-11-19)24-7-9-26(37)35(24)20-5-8-25(38-3)21(30)15-20/h4-6,8,14-15,19,24H,7,9-13H2,1-3H3/t24-/m0/s1. The van der Waals surface area contributed by atoms with E-state index in [2.05, 4.69) is 9.72 Å². The number of hydrogen-bond acceptors (Lipinski definition) is 5. The van der Waals surface area contributed by atoms with Gasteiger partial charge in [-0.2, -0.15) is 0 Å². The van der Waals surface area contributed by atoms with Crippen LogP contribution in [0.1, 0.15) is 67.9 Å². The SMILES string of the molecule is COc1ccc(N2C(=O)CC[C@H]2c2nc3cc(-c4c(C)noc4C)ccc3n2C2CCC(F)(F)CC2)cc1Cl. The Hall–Kier alpha value is -3.46. The summed E-state index contributed by atoms with van der Waals surface area (Å²) in [6.07, 6.45) is 1.25. The van der Waals surface area contributed by atoms with Crippen molar-refractivity contribution in [2.45, 2.75) is 70.4 Å². The first-order valence-corrected chi connectivity index (χ1v) is 13.5. The summed E-state index contributed by atoms with van der Waals surface area (Å²) >= 11 is 6.42. The lowest BCUT2D eigenvalue weighted by Gasteiger charge is -2.33. The van der Waals surface area contributed by atoms with Gasteiger partial charge in [0, 0.05) is 36.6 Å². The normalized spacial score (nSPS) is 19.8. The zero-order valence-electron chi connectivity index (χ0n) is 22.0. The van der Waals surface area contributed by atoms with Crippen LogP contribution in [0.4, 0.5) is 14.5 Å². The number of aromatic nitrogens is 3. The highest BCUT2D eigenvalue weighted by atomic mass is 35.5. The molecule has 39 heavy (non-hydrogen) atoms. The number of fused-ring (bicyclic) bond motifs is 1. The fourth-order valence-corrected chi connectivity index (χ4v) is 6.38. The first kappa shape index (κ1) is 25.8. The lowest BCUT2D eigenvalue weighted by molar-refractivity contribution is -0.117. The number of hydrogen-bond donors (Lipinski definition) is 0. The Balaban J connectivity index is 1.49. The molecule has 3 heterocycles. The van der Waals surface area contributed by atoms with E-state index in [9.17, 15) is 13.6 Å². The maximum absolute atomic E-state index is 14.1. The first-order chi connectivity index (χ1) is 18.7. The lowest BCUT2D eigenvalue weighted by Crippen LogP contribution is -2.31. The molecule has 1 amide bonds. The number of carbonyl (C=O) groups is 1. The van der Waals surface area contributed by atoms with E-state index in [4.69, 9.17) is 25.8 Å². The molecule has 1 atom stereocenters. The molecule has 0 unspecified atom stereocenters. The second-order valence-corrected chi connectivity index (χ2v) is 10.9. The minimum absolute atomic E-state index is 0.0357. The van der Waals surface area contributed by atoms with Crippen LogP contribution in [0, 0.1) is 13.8 Å². The largest absolute Gasteiger partial charge is 0.495 e. The van der Waals surface area contributed by atoms with Crippen molar-refractivity contribution >= 4 is 34.2 Å². The van der Waals surface area contributed by atoms with Gasteiger partial charge in [0.1, 0.15) is 17.3 Å². The summed E-state index contributed by atoms with van der Waals surface area (Å²) in [6, 6.07) is 10.7. The van der Waals surface area contributed by atoms with Gasteiger partial charge < -0.3 is 18.7 Å². The van der Waals surface area contributed by atoms with Crippen LogP contribution in [0.2, 0.25) is 5.02 Å². The monoisotopic (exact) mass is 554 g/mol. The van der Waals surface area contributed by atoms with Gasteiger partial charge in [0.15, 0.2) is 0 Å². The average molecular weight is 555 g/mol. The number of amides is 1. The molecule has 0 bridgehead atoms. The highest BCUT2D eigenvalue weighted by Gasteiger charge is 2.41. The van der Waals surface area contributed by atoms with Crippen LogP contribution in [0.5, 0.6) is 5.75 Å². The van der Waals surface area contributed by atoms with E-state index in [1.165, 1.54) is 7.11 Å². The van der Waals surface area contributed by atoms with Crippen molar-refractivity contribution in [1.29, 1.82) is 0 Å². The van der Waals surface area contributed by atoms with Crippen molar-refractivity contribution in [3.05, 3.63) is 58.7 Å². The molecular formula is C29H29ClF2N4O3. The minimum Gasteiger partial charge on any atom is -0.495 e. The van der Waals surface area contributed by atoms with Gasteiger partial charge in [0.2, 0.25) is 11.8 Å². The highest BCUT2D eigenvalue weighted by molar-refractivity contribution is 6.32. The quantitative estimate of drug-likeness (QED) is 0.254. The van der Waals surface area contributed by atoms with Crippen LogP contribution in [0.25, 0.3) is 22.2 Å². The molecular weight excluding hydrogens is 526 g/mol. The Labute approximate surface area is 229 Å². The summed E-state index contributed by atoms with van der Waals surface area (Å²) in [5, 5.41) is 4.48. The van der Waals surface area contributed by atoms with Crippen molar-refractivity contribution in [2.75, 3.05) is 12.0 Å². The molecule has 1 saturated heterocycles. The van der Waals surface area contributed by atoms with Gasteiger partial charge >= 0.3 is 0 Å². The van der Waals surface area contributed by atoms with Crippen LogP contribution < -0.4 is 9.64 Å². The van der Waals surface area contributed by atoms with Crippen LogP contribution in [-0.2, 0) is 4.79 Å². The molecule has 7 nitrogen and oxygen atoms in total. The molecule has 2 aliphatic rings. The number of aryl methyl sites for hydroxylation is 2. The molecule has 4 aromatic rings. The number of nitrogens with zero attached hydrogens (tertiary/aromatic N) is 4. The molecule has 0 N–H and O–H groups in total. The maximum Gasteiger partial charge on any atom is 0.248 e. The average Bonchev–Trinajstić information content (AvgIpc) is 3.57. The van der Waals surface area contributed by atoms with E-state index < -0.39 is 5.92 Å². The molecule has 1 aliphatic heterocycles. The third kappa shape index (κ3) is 4.46. The van der Waals surface area contributed by atoms with Crippen molar-refractivity contribution in [3.63, 3.8) is 0 Å². The van der Waals surface area contributed by atoms with Gasteiger partial charge in [0.05, 0.1) is 34.9 Å². The van der Waals surface area contributed by atoms with E-state index in [0.29, 0.717) is 53.7 Å². The predicted octanol–water partition coefficient (Wildman–Crippen LogP) is 7.59. The molecule has 10 heteroatoms. The van der Waals surface area contributed by atoms with Crippen molar-refractivity contribution in [2.24, 2.45) is 0 Å². The maximum atomic E-state index is 14.1. The fraction of sp³-hybridized carbons (Fsp3) is 0.414. The molecule has 6 rings (SSSR count). The zero-order valence-corrected chi connectivity index (χ0v) is 22.8. The summed E-state index contributed by atoms with van der Waals surface area (Å²) in [5.74, 6) is -0.755. The molecule has 2 aromatic carbocycles. The third-order valence-electron chi connectivity index (χ3n) is 8.01. The van der Waals surface area contributed by atoms with Gasteiger partial charge in [0.25, 0.3) is 0 Å². The number of carbonyl (C=O) groups excluding carboxylic acids is 1. The number of alkyl halides is 2. The Morgan fingerprint density at radius 1 is 1.10 bits per heavy atom. The number of ether oxygens (including phenoxy) is 1. The molecule has 1 saturated carbocycles. The summed E-state index contributed by atoms with van der Waals surface area (Å²) in [6.45, 7) is 3.76. The molecule has 204 valence electrons. The first-order valence-electron chi connectivity index (χ1n) is 13.2. The zero-order chi connectivity index (χ0) is 27.5. The fourth-order valence-electron chi connectivity index (χ4n) is 6.13. The van der Waals surface area contributed by atoms with E-state index >= 15 is 0 Å². The summed E-state index contributed by atoms with van der Waals surface area (Å²) in [4.78, 5) is 20.0. The van der Waals surface area contributed by atoms with Crippen LogP contribution >= 0.6 is 11.6 Å². The van der Waals surface area contributed by atoms with Crippen molar-refractivity contribution < 1.29 is 22.8 Å². The molecule has 0 spiro atoms. The smallest absolute Gasteiger partial charge is 0.248 e. The highest BCUT2D eigenvalue weighted by Crippen LogP contribution is 2.45. The summed E-state index contributed by atoms with van der Waals surface area (Å²) < 4.78 is 41.0. The second kappa shape index (κ2) is 9.62. The number of imidazole rings is 1. The van der Waals surface area contributed by atoms with Gasteiger partial charge in [-0.05, 0) is 69.0 Å². The predicted molar refractivity (Wildman–Crippen MR) is 145 cm³/mol.